The van der Waals surface area contributed by atoms with Crippen molar-refractivity contribution in [1.82, 2.24) is 4.98 Å². The summed E-state index contributed by atoms with van der Waals surface area (Å²) in [5.74, 6) is 0.576. The van der Waals surface area contributed by atoms with Gasteiger partial charge in [0.05, 0.1) is 12.2 Å². The standard InChI is InChI=1S/C15H23NO2/c1-3-18-15(17)13-10-16-14(11(13)2)9-12-7-5-4-6-8-12/h10,12,16H,3-9H2,1-2H3. The van der Waals surface area contributed by atoms with Crippen molar-refractivity contribution in [3.63, 3.8) is 0 Å². The van der Waals surface area contributed by atoms with Gasteiger partial charge in [0.2, 0.25) is 0 Å². The highest BCUT2D eigenvalue weighted by Gasteiger charge is 2.19. The Hall–Kier alpha value is -1.25. The van der Waals surface area contributed by atoms with Crippen molar-refractivity contribution in [2.75, 3.05) is 6.61 Å². The molecule has 1 aliphatic rings. The van der Waals surface area contributed by atoms with E-state index in [2.05, 4.69) is 4.98 Å². The van der Waals surface area contributed by atoms with E-state index in [4.69, 9.17) is 4.74 Å². The Bertz CT molecular complexity index is 403. The molecule has 1 fully saturated rings. The first-order chi connectivity index (χ1) is 8.72. The summed E-state index contributed by atoms with van der Waals surface area (Å²) in [6.45, 7) is 4.28. The van der Waals surface area contributed by atoms with Gasteiger partial charge in [-0.05, 0) is 31.7 Å². The van der Waals surface area contributed by atoms with Gasteiger partial charge in [-0.1, -0.05) is 32.1 Å². The maximum Gasteiger partial charge on any atom is 0.339 e. The second kappa shape index (κ2) is 6.07. The molecule has 2 rings (SSSR count). The number of ether oxygens (including phenoxy) is 1. The van der Waals surface area contributed by atoms with Gasteiger partial charge in [0, 0.05) is 11.9 Å². The number of esters is 1. The molecular weight excluding hydrogens is 226 g/mol. The molecule has 1 aromatic rings. The van der Waals surface area contributed by atoms with E-state index >= 15 is 0 Å². The topological polar surface area (TPSA) is 42.1 Å². The third kappa shape index (κ3) is 2.95. The molecule has 0 aliphatic heterocycles. The van der Waals surface area contributed by atoms with Crippen molar-refractivity contribution in [2.24, 2.45) is 5.92 Å². The van der Waals surface area contributed by atoms with E-state index in [1.54, 1.807) is 6.20 Å². The third-order valence-corrected chi connectivity index (χ3v) is 3.96. The lowest BCUT2D eigenvalue weighted by molar-refractivity contribution is 0.0525. The smallest absolute Gasteiger partial charge is 0.339 e. The van der Waals surface area contributed by atoms with Crippen molar-refractivity contribution in [2.45, 2.75) is 52.4 Å². The van der Waals surface area contributed by atoms with Crippen LogP contribution in [0.5, 0.6) is 0 Å². The molecule has 3 heteroatoms. The fourth-order valence-electron chi connectivity index (χ4n) is 2.85. The van der Waals surface area contributed by atoms with Crippen molar-refractivity contribution in [1.29, 1.82) is 0 Å². The summed E-state index contributed by atoms with van der Waals surface area (Å²) in [4.78, 5) is 15.0. The van der Waals surface area contributed by atoms with Crippen LogP contribution in [-0.2, 0) is 11.2 Å². The maximum absolute atomic E-state index is 11.7. The van der Waals surface area contributed by atoms with Crippen LogP contribution in [0.4, 0.5) is 0 Å². The number of carbonyl (C=O) groups is 1. The SMILES string of the molecule is CCOC(=O)c1c[nH]c(CC2CCCCC2)c1C. The molecule has 100 valence electrons. The zero-order chi connectivity index (χ0) is 13.0. The maximum atomic E-state index is 11.7. The third-order valence-electron chi connectivity index (χ3n) is 3.96. The molecule has 0 unspecified atom stereocenters. The van der Waals surface area contributed by atoms with Crippen LogP contribution < -0.4 is 0 Å². The minimum absolute atomic E-state index is 0.207. The Morgan fingerprint density at radius 3 is 2.78 bits per heavy atom. The minimum atomic E-state index is -0.207. The summed E-state index contributed by atoms with van der Waals surface area (Å²) in [6.07, 6.45) is 9.62. The van der Waals surface area contributed by atoms with Gasteiger partial charge in [0.15, 0.2) is 0 Å². The molecule has 18 heavy (non-hydrogen) atoms. The Kier molecular flexibility index (Phi) is 4.45. The lowest BCUT2D eigenvalue weighted by Gasteiger charge is -2.21. The summed E-state index contributed by atoms with van der Waals surface area (Å²) in [5, 5.41) is 0. The molecule has 3 nitrogen and oxygen atoms in total. The summed E-state index contributed by atoms with van der Waals surface area (Å²) >= 11 is 0. The van der Waals surface area contributed by atoms with Gasteiger partial charge in [0.25, 0.3) is 0 Å². The van der Waals surface area contributed by atoms with E-state index in [-0.39, 0.29) is 5.97 Å². The predicted octanol–water partition coefficient (Wildman–Crippen LogP) is 3.62. The Morgan fingerprint density at radius 1 is 1.39 bits per heavy atom. The Balaban J connectivity index is 2.03. The molecule has 1 aromatic heterocycles. The minimum Gasteiger partial charge on any atom is -0.462 e. The van der Waals surface area contributed by atoms with Gasteiger partial charge in [-0.15, -0.1) is 0 Å². The predicted molar refractivity (Wildman–Crippen MR) is 71.8 cm³/mol. The summed E-state index contributed by atoms with van der Waals surface area (Å²) in [5.41, 5.74) is 2.98. The zero-order valence-electron chi connectivity index (χ0n) is 11.4. The first-order valence-corrected chi connectivity index (χ1v) is 7.06. The fourth-order valence-corrected chi connectivity index (χ4v) is 2.85. The molecule has 0 saturated heterocycles. The molecule has 0 atom stereocenters. The highest BCUT2D eigenvalue weighted by Crippen LogP contribution is 2.28. The van der Waals surface area contributed by atoms with Crippen molar-refractivity contribution in [3.8, 4) is 0 Å². The second-order valence-corrected chi connectivity index (χ2v) is 5.23. The van der Waals surface area contributed by atoms with Gasteiger partial charge in [-0.3, -0.25) is 0 Å². The first kappa shape index (κ1) is 13.2. The van der Waals surface area contributed by atoms with Gasteiger partial charge in [0.1, 0.15) is 0 Å². The lowest BCUT2D eigenvalue weighted by Crippen LogP contribution is -2.10. The average Bonchev–Trinajstić information content (AvgIpc) is 2.73. The molecule has 1 saturated carbocycles. The van der Waals surface area contributed by atoms with Crippen LogP contribution in [-0.4, -0.2) is 17.6 Å². The fraction of sp³-hybridized carbons (Fsp3) is 0.667. The average molecular weight is 249 g/mol. The normalized spacial score (nSPS) is 16.8. The highest BCUT2D eigenvalue weighted by molar-refractivity contribution is 5.91. The molecule has 0 aromatic carbocycles. The number of carbonyl (C=O) groups excluding carboxylic acids is 1. The van der Waals surface area contributed by atoms with E-state index < -0.39 is 0 Å². The summed E-state index contributed by atoms with van der Waals surface area (Å²) < 4.78 is 5.05. The number of aromatic nitrogens is 1. The summed E-state index contributed by atoms with van der Waals surface area (Å²) in [7, 11) is 0. The molecule has 1 aliphatic carbocycles. The molecule has 1 N–H and O–H groups in total. The number of hydrogen-bond donors (Lipinski definition) is 1. The van der Waals surface area contributed by atoms with Gasteiger partial charge in [-0.2, -0.15) is 0 Å². The number of H-pyrrole nitrogens is 1. The monoisotopic (exact) mass is 249 g/mol. The van der Waals surface area contributed by atoms with Gasteiger partial charge in [-0.25, -0.2) is 4.79 Å². The van der Waals surface area contributed by atoms with Crippen LogP contribution in [0.3, 0.4) is 0 Å². The molecular formula is C15H23NO2. The summed E-state index contributed by atoms with van der Waals surface area (Å²) in [6, 6.07) is 0. The van der Waals surface area contributed by atoms with Crippen molar-refractivity contribution >= 4 is 5.97 Å². The van der Waals surface area contributed by atoms with Crippen LogP contribution in [0, 0.1) is 12.8 Å². The van der Waals surface area contributed by atoms with Crippen LogP contribution in [0.2, 0.25) is 0 Å². The van der Waals surface area contributed by atoms with E-state index in [1.165, 1.54) is 37.8 Å². The highest BCUT2D eigenvalue weighted by atomic mass is 16.5. The lowest BCUT2D eigenvalue weighted by atomic mass is 9.85. The zero-order valence-corrected chi connectivity index (χ0v) is 11.4. The Labute approximate surface area is 109 Å². The number of hydrogen-bond acceptors (Lipinski definition) is 2. The molecule has 0 spiro atoms. The van der Waals surface area contributed by atoms with Crippen LogP contribution in [0.15, 0.2) is 6.20 Å². The van der Waals surface area contributed by atoms with Gasteiger partial charge < -0.3 is 9.72 Å². The molecule has 0 amide bonds. The molecule has 0 bridgehead atoms. The number of aromatic amines is 1. The van der Waals surface area contributed by atoms with E-state index in [9.17, 15) is 4.79 Å². The number of nitrogens with one attached hydrogen (secondary N) is 1. The quantitative estimate of drug-likeness (QED) is 0.828. The second-order valence-electron chi connectivity index (χ2n) is 5.23. The Morgan fingerprint density at radius 2 is 2.11 bits per heavy atom. The van der Waals surface area contributed by atoms with Crippen molar-refractivity contribution < 1.29 is 9.53 Å². The molecule has 1 heterocycles. The van der Waals surface area contributed by atoms with Gasteiger partial charge >= 0.3 is 5.97 Å². The van der Waals surface area contributed by atoms with E-state index in [1.807, 2.05) is 13.8 Å². The number of rotatable bonds is 4. The van der Waals surface area contributed by atoms with Crippen LogP contribution in [0.25, 0.3) is 0 Å². The van der Waals surface area contributed by atoms with Crippen molar-refractivity contribution in [3.05, 3.63) is 23.0 Å². The van der Waals surface area contributed by atoms with E-state index in [0.29, 0.717) is 12.2 Å². The van der Waals surface area contributed by atoms with E-state index in [0.717, 1.165) is 17.9 Å². The largest absolute Gasteiger partial charge is 0.462 e. The first-order valence-electron chi connectivity index (χ1n) is 7.06. The van der Waals surface area contributed by atoms with Crippen LogP contribution >= 0.6 is 0 Å². The molecule has 0 radical (unpaired) electrons. The van der Waals surface area contributed by atoms with Crippen LogP contribution in [0.1, 0.15) is 60.6 Å².